The molecule has 1 atom stereocenters. The molecule has 0 unspecified atom stereocenters. The van der Waals surface area contributed by atoms with E-state index in [9.17, 15) is 9.90 Å². The number of hydrogen-bond acceptors (Lipinski definition) is 8. The molecule has 7 rings (SSSR count). The lowest BCUT2D eigenvalue weighted by Gasteiger charge is -2.39. The minimum Gasteiger partial charge on any atom is -0.507 e. The fraction of sp³-hybridized carbons (Fsp3) is 0.574. The number of likely N-dealkylation sites (tertiary alicyclic amines) is 1. The lowest BCUT2D eigenvalue weighted by Crippen LogP contribution is -2.43. The van der Waals surface area contributed by atoms with Crippen LogP contribution < -0.4 is 15.6 Å². The maximum atomic E-state index is 12.6. The predicted molar refractivity (Wildman–Crippen MR) is 267 cm³/mol. The number of piperidine rings is 1. The first kappa shape index (κ1) is 48.6. The van der Waals surface area contributed by atoms with Crippen molar-refractivity contribution in [1.29, 1.82) is 0 Å². The molecule has 0 spiro atoms. The average molecular weight is 903 g/mol. The minimum atomic E-state index is -2.12. The molecule has 2 aromatic heterocycles. The normalized spacial score (nSPS) is 16.3. The van der Waals surface area contributed by atoms with Crippen molar-refractivity contribution >= 4 is 19.2 Å². The highest BCUT2D eigenvalue weighted by Gasteiger charge is 2.40. The summed E-state index contributed by atoms with van der Waals surface area (Å²) in [7, 11) is -2.12. The van der Waals surface area contributed by atoms with Crippen LogP contribution in [0.4, 0.5) is 0 Å². The van der Waals surface area contributed by atoms with Gasteiger partial charge in [-0.25, -0.2) is 4.98 Å². The van der Waals surface area contributed by atoms with Gasteiger partial charge in [0.2, 0.25) is 5.56 Å². The molecular weight excluding hydrogens is 825 g/mol. The Hall–Kier alpha value is -4.29. The van der Waals surface area contributed by atoms with Gasteiger partial charge in [0.15, 0.2) is 14.1 Å². The van der Waals surface area contributed by atoms with Crippen molar-refractivity contribution in [2.75, 3.05) is 32.7 Å². The lowest BCUT2D eigenvalue weighted by molar-refractivity contribution is 0.168. The molecule has 1 aliphatic heterocycles. The van der Waals surface area contributed by atoms with Gasteiger partial charge in [0.1, 0.15) is 24.4 Å². The number of nitrogens with one attached hydrogen (secondary N) is 2. The number of H-pyrrole nitrogens is 1. The lowest BCUT2D eigenvalue weighted by atomic mass is 9.83. The molecule has 2 fully saturated rings. The second-order valence-electron chi connectivity index (χ2n) is 20.6. The van der Waals surface area contributed by atoms with Gasteiger partial charge in [-0.05, 0) is 123 Å². The quantitative estimate of drug-likeness (QED) is 0.0438. The van der Waals surface area contributed by atoms with Crippen LogP contribution in [0.3, 0.4) is 0 Å². The molecule has 3 heterocycles. The highest BCUT2D eigenvalue weighted by Crippen LogP contribution is 2.42. The smallest absolute Gasteiger partial charge is 0.248 e. The Bertz CT molecular complexity index is 2270. The first-order valence-corrected chi connectivity index (χ1v) is 28.0. The van der Waals surface area contributed by atoms with Gasteiger partial charge >= 0.3 is 0 Å². The molecule has 0 bridgehead atoms. The van der Waals surface area contributed by atoms with E-state index >= 15 is 0 Å². The van der Waals surface area contributed by atoms with Gasteiger partial charge in [0.25, 0.3) is 0 Å². The fourth-order valence-electron chi connectivity index (χ4n) is 9.66. The number of hydrogen-bond donors (Lipinski definition) is 3. The number of rotatable bonds is 23. The molecule has 11 heteroatoms. The van der Waals surface area contributed by atoms with E-state index in [1.54, 1.807) is 6.07 Å². The number of aromatic amines is 1. The molecule has 3 aromatic carbocycles. The van der Waals surface area contributed by atoms with Crippen LogP contribution in [0.5, 0.6) is 11.5 Å². The summed E-state index contributed by atoms with van der Waals surface area (Å²) in [6, 6.07) is 24.0. The van der Waals surface area contributed by atoms with Gasteiger partial charge in [-0.3, -0.25) is 9.48 Å². The zero-order chi connectivity index (χ0) is 45.7. The third kappa shape index (κ3) is 13.9. The fourth-order valence-corrected chi connectivity index (χ4v) is 10.9. The maximum absolute atomic E-state index is 12.6. The summed E-state index contributed by atoms with van der Waals surface area (Å²) in [6.07, 6.45) is 19.8. The number of pyridine rings is 1. The van der Waals surface area contributed by atoms with Crippen molar-refractivity contribution in [2.24, 2.45) is 5.92 Å². The van der Waals surface area contributed by atoms with Crippen LogP contribution in [-0.2, 0) is 24.0 Å². The van der Waals surface area contributed by atoms with Gasteiger partial charge in [-0.1, -0.05) is 127 Å². The Morgan fingerprint density at radius 3 is 2.35 bits per heavy atom. The summed E-state index contributed by atoms with van der Waals surface area (Å²) >= 11 is 0. The van der Waals surface area contributed by atoms with E-state index in [4.69, 9.17) is 14.3 Å². The van der Waals surface area contributed by atoms with Crippen LogP contribution in [0.15, 0.2) is 83.9 Å². The van der Waals surface area contributed by atoms with Crippen molar-refractivity contribution in [1.82, 2.24) is 30.0 Å². The van der Waals surface area contributed by atoms with E-state index in [2.05, 4.69) is 72.2 Å². The SMILES string of the molecule is CC(C)(C)[Si](C)(C)O[C@@H](CNCCCCCCCCCN1CCC(Cn2cnc(Cc3cccc(C4CCCCC4)c3O)n2)CC1)c1ccc(OCc2ccccc2)c2[nH]c(=O)ccc12. The molecule has 1 saturated heterocycles. The number of aromatic hydroxyl groups is 1. The number of unbranched alkanes of at least 4 members (excludes halogenated alkanes) is 6. The Balaban J connectivity index is 0.781. The summed E-state index contributed by atoms with van der Waals surface area (Å²) in [5.41, 5.74) is 4.79. The molecule has 65 heavy (non-hydrogen) atoms. The van der Waals surface area contributed by atoms with Crippen LogP contribution in [0, 0.1) is 5.92 Å². The Labute approximate surface area is 390 Å². The van der Waals surface area contributed by atoms with Crippen molar-refractivity contribution < 1.29 is 14.3 Å². The molecule has 0 amide bonds. The number of phenols is 1. The van der Waals surface area contributed by atoms with Crippen molar-refractivity contribution in [3.63, 3.8) is 0 Å². The number of fused-ring (bicyclic) bond motifs is 1. The zero-order valence-electron chi connectivity index (χ0n) is 40.3. The van der Waals surface area contributed by atoms with Gasteiger partial charge in [0, 0.05) is 36.5 Å². The number of phenolic OH excluding ortho intramolecular Hbond substituents is 1. The Morgan fingerprint density at radius 1 is 0.862 bits per heavy atom. The summed E-state index contributed by atoms with van der Waals surface area (Å²) in [4.78, 5) is 22.9. The number of nitrogens with zero attached hydrogens (tertiary/aromatic N) is 4. The second-order valence-corrected chi connectivity index (χ2v) is 25.4. The first-order chi connectivity index (χ1) is 31.4. The zero-order valence-corrected chi connectivity index (χ0v) is 41.3. The average Bonchev–Trinajstić information content (AvgIpc) is 3.74. The number of ether oxygens (including phenoxy) is 1. The summed E-state index contributed by atoms with van der Waals surface area (Å²) < 4.78 is 15.4. The number of aromatic nitrogens is 4. The third-order valence-electron chi connectivity index (χ3n) is 14.7. The predicted octanol–water partition coefficient (Wildman–Crippen LogP) is 11.8. The molecule has 1 saturated carbocycles. The second kappa shape index (κ2) is 23.4. The summed E-state index contributed by atoms with van der Waals surface area (Å²) in [5, 5.41) is 20.7. The first-order valence-electron chi connectivity index (χ1n) is 25.1. The Kier molecular flexibility index (Phi) is 17.5. The van der Waals surface area contributed by atoms with Crippen LogP contribution >= 0.6 is 0 Å². The van der Waals surface area contributed by atoms with Gasteiger partial charge in [-0.15, -0.1) is 0 Å². The van der Waals surface area contributed by atoms with Crippen molar-refractivity contribution in [3.05, 3.63) is 118 Å². The molecular formula is C54H78N6O4Si. The number of para-hydroxylation sites is 1. The van der Waals surface area contributed by atoms with Crippen LogP contribution in [-0.4, -0.2) is 70.8 Å². The Morgan fingerprint density at radius 2 is 1.60 bits per heavy atom. The molecule has 1 aliphatic carbocycles. The minimum absolute atomic E-state index is 0.0607. The van der Waals surface area contributed by atoms with E-state index in [0.29, 0.717) is 42.9 Å². The largest absolute Gasteiger partial charge is 0.507 e. The van der Waals surface area contributed by atoms with Gasteiger partial charge < -0.3 is 29.5 Å². The van der Waals surface area contributed by atoms with E-state index in [-0.39, 0.29) is 16.7 Å². The maximum Gasteiger partial charge on any atom is 0.248 e. The number of benzene rings is 3. The van der Waals surface area contributed by atoms with E-state index in [1.165, 1.54) is 103 Å². The van der Waals surface area contributed by atoms with Gasteiger partial charge in [-0.2, -0.15) is 5.10 Å². The van der Waals surface area contributed by atoms with E-state index < -0.39 is 8.32 Å². The van der Waals surface area contributed by atoms with Crippen molar-refractivity contribution in [3.8, 4) is 11.5 Å². The summed E-state index contributed by atoms with van der Waals surface area (Å²) in [5.74, 6) is 3.04. The molecule has 5 aromatic rings. The van der Waals surface area contributed by atoms with Crippen molar-refractivity contribution in [2.45, 2.75) is 160 Å². The molecule has 0 radical (unpaired) electrons. The van der Waals surface area contributed by atoms with E-state index in [1.807, 2.05) is 59.5 Å². The molecule has 10 nitrogen and oxygen atoms in total. The van der Waals surface area contributed by atoms with Crippen LogP contribution in [0.2, 0.25) is 18.1 Å². The topological polar surface area (TPSA) is 118 Å². The van der Waals surface area contributed by atoms with Crippen LogP contribution in [0.25, 0.3) is 10.9 Å². The molecule has 352 valence electrons. The standard InChI is InChI=1S/C54H78N6O4Si/c1-54(2,3)65(4,5)64-49(46-26-28-48(52-47(46)27-29-51(61)57-52)63-39-42-20-13-11-14-21-42)37-55-32-17-9-7-6-8-10-18-33-59-34-30-41(31-35-59)38-60-40-56-50(58-60)36-44-24-19-25-45(53(44)62)43-22-15-12-16-23-43/h11,13-14,19-21,24-29,40-41,43,49,55,62H,6-10,12,15-18,22-23,30-39H2,1-5H3,(H,57,61)/t49-/m0/s1. The van der Waals surface area contributed by atoms with E-state index in [0.717, 1.165) is 58.5 Å². The molecule has 3 N–H and O–H groups in total. The summed E-state index contributed by atoms with van der Waals surface area (Å²) in [6.45, 7) is 18.1. The third-order valence-corrected chi connectivity index (χ3v) is 19.1. The van der Waals surface area contributed by atoms with Crippen LogP contribution in [0.1, 0.15) is 151 Å². The highest BCUT2D eigenvalue weighted by atomic mass is 28.4. The monoisotopic (exact) mass is 903 g/mol. The highest BCUT2D eigenvalue weighted by molar-refractivity contribution is 6.74. The van der Waals surface area contributed by atoms with Gasteiger partial charge in [0.05, 0.1) is 11.6 Å². The molecule has 2 aliphatic rings.